The zero-order valence-electron chi connectivity index (χ0n) is 9.61. The SMILES string of the molecule is Nc1nc2n(n1)CC(c1ccc(Cl)c(Cl)c1)CC2. The van der Waals surface area contributed by atoms with Gasteiger partial charge in [-0.3, -0.25) is 0 Å². The van der Waals surface area contributed by atoms with Gasteiger partial charge in [-0.1, -0.05) is 29.3 Å². The van der Waals surface area contributed by atoms with E-state index in [1.54, 1.807) is 0 Å². The minimum atomic E-state index is 0.347. The summed E-state index contributed by atoms with van der Waals surface area (Å²) in [6, 6.07) is 5.79. The molecule has 2 heterocycles. The lowest BCUT2D eigenvalue weighted by molar-refractivity contribution is 0.423. The number of rotatable bonds is 1. The third-order valence-corrected chi connectivity index (χ3v) is 4.03. The van der Waals surface area contributed by atoms with Crippen LogP contribution in [-0.2, 0) is 13.0 Å². The zero-order chi connectivity index (χ0) is 12.7. The third kappa shape index (κ3) is 2.06. The van der Waals surface area contributed by atoms with Crippen molar-refractivity contribution in [2.75, 3.05) is 5.73 Å². The van der Waals surface area contributed by atoms with Gasteiger partial charge in [-0.2, -0.15) is 4.98 Å². The molecule has 1 aromatic heterocycles. The second kappa shape index (κ2) is 4.44. The van der Waals surface area contributed by atoms with Crippen molar-refractivity contribution in [1.82, 2.24) is 14.8 Å². The number of benzene rings is 1. The fourth-order valence-electron chi connectivity index (χ4n) is 2.37. The van der Waals surface area contributed by atoms with Crippen LogP contribution in [-0.4, -0.2) is 14.8 Å². The molecule has 0 amide bonds. The van der Waals surface area contributed by atoms with Gasteiger partial charge in [0, 0.05) is 18.9 Å². The van der Waals surface area contributed by atoms with Gasteiger partial charge in [0.15, 0.2) is 0 Å². The number of anilines is 1. The van der Waals surface area contributed by atoms with E-state index in [9.17, 15) is 0 Å². The average molecular weight is 283 g/mol. The third-order valence-electron chi connectivity index (χ3n) is 3.29. The highest BCUT2D eigenvalue weighted by Gasteiger charge is 2.22. The predicted octanol–water partition coefficient (Wildman–Crippen LogP) is 2.90. The van der Waals surface area contributed by atoms with Crippen molar-refractivity contribution in [2.45, 2.75) is 25.3 Å². The Morgan fingerprint density at radius 3 is 2.89 bits per heavy atom. The summed E-state index contributed by atoms with van der Waals surface area (Å²) in [5.74, 6) is 1.69. The number of aryl methyl sites for hydroxylation is 1. The van der Waals surface area contributed by atoms with Crippen molar-refractivity contribution in [2.24, 2.45) is 0 Å². The summed E-state index contributed by atoms with van der Waals surface area (Å²) < 4.78 is 1.88. The van der Waals surface area contributed by atoms with Gasteiger partial charge >= 0.3 is 0 Å². The van der Waals surface area contributed by atoms with Crippen LogP contribution in [0.1, 0.15) is 23.7 Å². The Hall–Kier alpha value is -1.26. The smallest absolute Gasteiger partial charge is 0.239 e. The maximum Gasteiger partial charge on any atom is 0.239 e. The molecule has 94 valence electrons. The van der Waals surface area contributed by atoms with Crippen LogP contribution in [0, 0.1) is 0 Å². The molecule has 2 aromatic rings. The number of nitrogens with zero attached hydrogens (tertiary/aromatic N) is 3. The number of nitrogens with two attached hydrogens (primary N) is 1. The number of hydrogen-bond acceptors (Lipinski definition) is 3. The number of aromatic nitrogens is 3. The van der Waals surface area contributed by atoms with Crippen molar-refractivity contribution in [3.63, 3.8) is 0 Å². The number of halogens is 2. The molecule has 2 N–H and O–H groups in total. The van der Waals surface area contributed by atoms with Crippen molar-refractivity contribution >= 4 is 29.2 Å². The molecular weight excluding hydrogens is 271 g/mol. The minimum Gasteiger partial charge on any atom is -0.366 e. The molecule has 1 atom stereocenters. The van der Waals surface area contributed by atoms with E-state index in [4.69, 9.17) is 28.9 Å². The van der Waals surface area contributed by atoms with Crippen LogP contribution in [0.15, 0.2) is 18.2 Å². The molecular formula is C12H12Cl2N4. The van der Waals surface area contributed by atoms with Crippen LogP contribution in [0.3, 0.4) is 0 Å². The topological polar surface area (TPSA) is 56.7 Å². The standard InChI is InChI=1S/C12H12Cl2N4/c13-9-3-1-7(5-10(9)14)8-2-4-11-16-12(15)17-18(11)6-8/h1,3,5,8H,2,4,6H2,(H2,15,17). The fourth-order valence-corrected chi connectivity index (χ4v) is 2.67. The number of nitrogen functional groups attached to an aromatic ring is 1. The summed E-state index contributed by atoms with van der Waals surface area (Å²) in [7, 11) is 0. The van der Waals surface area contributed by atoms with Gasteiger partial charge in [-0.15, -0.1) is 5.10 Å². The Bertz CT molecular complexity index is 594. The second-order valence-electron chi connectivity index (χ2n) is 4.48. The molecule has 1 aliphatic heterocycles. The van der Waals surface area contributed by atoms with E-state index in [1.807, 2.05) is 22.9 Å². The van der Waals surface area contributed by atoms with Crippen molar-refractivity contribution in [1.29, 1.82) is 0 Å². The average Bonchev–Trinajstić information content (AvgIpc) is 2.71. The van der Waals surface area contributed by atoms with E-state index in [-0.39, 0.29) is 0 Å². The highest BCUT2D eigenvalue weighted by atomic mass is 35.5. The maximum absolute atomic E-state index is 6.05. The monoisotopic (exact) mass is 282 g/mol. The first-order valence-corrected chi connectivity index (χ1v) is 6.53. The van der Waals surface area contributed by atoms with Crippen LogP contribution in [0.25, 0.3) is 0 Å². The normalized spacial score (nSPS) is 18.7. The van der Waals surface area contributed by atoms with Crippen molar-refractivity contribution in [3.8, 4) is 0 Å². The van der Waals surface area contributed by atoms with E-state index in [0.29, 0.717) is 21.9 Å². The lowest BCUT2D eigenvalue weighted by Crippen LogP contribution is -2.20. The van der Waals surface area contributed by atoms with E-state index >= 15 is 0 Å². The molecule has 1 aliphatic rings. The lowest BCUT2D eigenvalue weighted by Gasteiger charge is -2.23. The number of hydrogen-bond donors (Lipinski definition) is 1. The first-order chi connectivity index (χ1) is 8.63. The summed E-state index contributed by atoms with van der Waals surface area (Å²) in [5, 5.41) is 5.37. The van der Waals surface area contributed by atoms with Crippen LogP contribution < -0.4 is 5.73 Å². The Morgan fingerprint density at radius 2 is 2.11 bits per heavy atom. The second-order valence-corrected chi connectivity index (χ2v) is 5.29. The molecule has 0 saturated carbocycles. The van der Waals surface area contributed by atoms with Gasteiger partial charge in [0.2, 0.25) is 5.95 Å². The molecule has 0 spiro atoms. The first kappa shape index (κ1) is 11.8. The van der Waals surface area contributed by atoms with Crippen LogP contribution >= 0.6 is 23.2 Å². The van der Waals surface area contributed by atoms with Gasteiger partial charge in [-0.05, 0) is 24.1 Å². The highest BCUT2D eigenvalue weighted by molar-refractivity contribution is 6.42. The van der Waals surface area contributed by atoms with Crippen molar-refractivity contribution < 1.29 is 0 Å². The summed E-state index contributed by atoms with van der Waals surface area (Å²) in [4.78, 5) is 4.19. The Morgan fingerprint density at radius 1 is 1.28 bits per heavy atom. The Labute approximate surface area is 115 Å². The first-order valence-electron chi connectivity index (χ1n) is 5.77. The molecule has 6 heteroatoms. The summed E-state index contributed by atoms with van der Waals surface area (Å²) in [5.41, 5.74) is 6.79. The van der Waals surface area contributed by atoms with E-state index in [2.05, 4.69) is 10.1 Å². The summed E-state index contributed by atoms with van der Waals surface area (Å²) in [6.45, 7) is 0.789. The molecule has 18 heavy (non-hydrogen) atoms. The Balaban J connectivity index is 1.89. The molecule has 1 unspecified atom stereocenters. The quantitative estimate of drug-likeness (QED) is 0.875. The fraction of sp³-hybridized carbons (Fsp3) is 0.333. The number of fused-ring (bicyclic) bond motifs is 1. The molecule has 1 aromatic carbocycles. The largest absolute Gasteiger partial charge is 0.366 e. The van der Waals surface area contributed by atoms with Crippen LogP contribution in [0.2, 0.25) is 10.0 Å². The van der Waals surface area contributed by atoms with Gasteiger partial charge in [0.05, 0.1) is 10.0 Å². The molecule has 0 aliphatic carbocycles. The van der Waals surface area contributed by atoms with E-state index < -0.39 is 0 Å². The summed E-state index contributed by atoms with van der Waals surface area (Å²) >= 11 is 12.0. The molecule has 0 bridgehead atoms. The maximum atomic E-state index is 6.05. The molecule has 0 fully saturated rings. The van der Waals surface area contributed by atoms with E-state index in [0.717, 1.165) is 25.2 Å². The predicted molar refractivity (Wildman–Crippen MR) is 72.0 cm³/mol. The minimum absolute atomic E-state index is 0.347. The highest BCUT2D eigenvalue weighted by Crippen LogP contribution is 2.32. The zero-order valence-corrected chi connectivity index (χ0v) is 11.1. The van der Waals surface area contributed by atoms with Gasteiger partial charge in [-0.25, -0.2) is 4.68 Å². The van der Waals surface area contributed by atoms with Crippen molar-refractivity contribution in [3.05, 3.63) is 39.6 Å². The van der Waals surface area contributed by atoms with E-state index in [1.165, 1.54) is 5.56 Å². The van der Waals surface area contributed by atoms with Gasteiger partial charge in [0.25, 0.3) is 0 Å². The lowest BCUT2D eigenvalue weighted by atomic mass is 9.92. The molecule has 0 radical (unpaired) electrons. The molecule has 4 nitrogen and oxygen atoms in total. The van der Waals surface area contributed by atoms with Crippen LogP contribution in [0.5, 0.6) is 0 Å². The van der Waals surface area contributed by atoms with Crippen LogP contribution in [0.4, 0.5) is 5.95 Å². The van der Waals surface area contributed by atoms with Gasteiger partial charge < -0.3 is 5.73 Å². The molecule has 3 rings (SSSR count). The Kier molecular flexibility index (Phi) is 2.92. The van der Waals surface area contributed by atoms with Gasteiger partial charge in [0.1, 0.15) is 5.82 Å². The molecule has 0 saturated heterocycles. The summed E-state index contributed by atoms with van der Waals surface area (Å²) in [6.07, 6.45) is 1.91.